The summed E-state index contributed by atoms with van der Waals surface area (Å²) >= 11 is 0. The number of allylic oxidation sites excluding steroid dienone is 3. The van der Waals surface area contributed by atoms with Crippen LogP contribution in [0.25, 0.3) is 0 Å². The van der Waals surface area contributed by atoms with E-state index in [1.165, 1.54) is 5.57 Å². The Bertz CT molecular complexity index is 1290. The van der Waals surface area contributed by atoms with E-state index < -0.39 is 22.7 Å². The molecule has 0 aliphatic carbocycles. The minimum absolute atomic E-state index is 0.0143. The second-order valence-electron chi connectivity index (χ2n) is 18.0. The van der Waals surface area contributed by atoms with Gasteiger partial charge in [0.25, 0.3) is 0 Å². The van der Waals surface area contributed by atoms with E-state index in [1.54, 1.807) is 17.1 Å². The highest BCUT2D eigenvalue weighted by molar-refractivity contribution is 6.74. The highest BCUT2D eigenvalue weighted by atomic mass is 28.4. The van der Waals surface area contributed by atoms with Crippen LogP contribution in [-0.2, 0) is 13.6 Å². The number of hydrogen-bond donors (Lipinski definition) is 1. The number of likely N-dealkylation sites (N-methyl/N-ethyl adjacent to an activating group) is 1. The summed E-state index contributed by atoms with van der Waals surface area (Å²) in [6.45, 7) is 39.8. The first-order valence-electron chi connectivity index (χ1n) is 18.8. The third kappa shape index (κ3) is 13.5. The van der Waals surface area contributed by atoms with Crippen molar-refractivity contribution in [2.45, 2.75) is 144 Å². The lowest BCUT2D eigenvalue weighted by Gasteiger charge is -2.44. The molecule has 1 amide bonds. The molecule has 0 radical (unpaired) electrons. The Balaban J connectivity index is 3.43. The summed E-state index contributed by atoms with van der Waals surface area (Å²) in [5.41, 5.74) is 2.15. The summed E-state index contributed by atoms with van der Waals surface area (Å²) < 4.78 is 14.3. The Morgan fingerprint density at radius 3 is 1.82 bits per heavy atom. The Morgan fingerprint density at radius 2 is 1.34 bits per heavy atom. The minimum atomic E-state index is -2.13. The number of aliphatic hydroxyl groups is 1. The standard InChI is InChI=1S/C43H75NO4Si2/c1-19-20-24-32(3)39(46)36(7)41(48-50(17,18)43(11,12)13)35(6)30-31(2)29-34(5)40(47-49(15,16)42(8,9)10)33(4)27-28-38(45)44(14)37-25-22-21-23-26-37/h19-29,32-36,39-41,46H,1,30H2,2-18H3/t32-,33-,34-,35?,36?,39?,40-,41?/m0/s1. The maximum atomic E-state index is 13.2. The van der Waals surface area contributed by atoms with Crippen LogP contribution in [-0.4, -0.2) is 53.0 Å². The number of anilines is 1. The highest BCUT2D eigenvalue weighted by Crippen LogP contribution is 2.42. The van der Waals surface area contributed by atoms with Crippen molar-refractivity contribution in [3.8, 4) is 0 Å². The lowest BCUT2D eigenvalue weighted by Crippen LogP contribution is -2.49. The molecule has 0 saturated heterocycles. The van der Waals surface area contributed by atoms with Crippen molar-refractivity contribution in [2.24, 2.45) is 29.6 Å². The van der Waals surface area contributed by atoms with E-state index in [2.05, 4.69) is 122 Å². The fourth-order valence-corrected chi connectivity index (χ4v) is 8.92. The Morgan fingerprint density at radius 1 is 0.840 bits per heavy atom. The molecule has 1 aromatic carbocycles. The van der Waals surface area contributed by atoms with Crippen molar-refractivity contribution in [1.29, 1.82) is 0 Å². The zero-order chi connectivity index (χ0) is 38.8. The van der Waals surface area contributed by atoms with Crippen molar-refractivity contribution in [3.05, 3.63) is 78.9 Å². The second-order valence-corrected chi connectivity index (χ2v) is 27.5. The van der Waals surface area contributed by atoms with Gasteiger partial charge < -0.3 is 18.9 Å². The summed E-state index contributed by atoms with van der Waals surface area (Å²) in [7, 11) is -2.45. The van der Waals surface area contributed by atoms with E-state index in [-0.39, 0.29) is 57.8 Å². The SMILES string of the molecule is C=CC=C[C@H](C)C(O)C(C)C(O[Si](C)(C)C(C)(C)C)C(C)CC(C)=C[C@H](C)[C@@H](O[Si](C)(C)C(C)(C)C)[C@@H](C)C=CC(=O)N(C)c1ccccc1. The maximum Gasteiger partial charge on any atom is 0.250 e. The average Bonchev–Trinajstić information content (AvgIpc) is 3.01. The summed E-state index contributed by atoms with van der Waals surface area (Å²) in [6, 6.07) is 9.73. The molecule has 8 atom stereocenters. The zero-order valence-corrected chi connectivity index (χ0v) is 37.0. The van der Waals surface area contributed by atoms with Crippen molar-refractivity contribution >= 4 is 28.2 Å². The van der Waals surface area contributed by atoms with Crippen LogP contribution in [0.5, 0.6) is 0 Å². The van der Waals surface area contributed by atoms with E-state index in [4.69, 9.17) is 8.85 Å². The molecule has 7 heteroatoms. The fourth-order valence-electron chi connectivity index (χ4n) is 5.98. The Kier molecular flexibility index (Phi) is 17.6. The molecule has 0 spiro atoms. The Labute approximate surface area is 310 Å². The van der Waals surface area contributed by atoms with Crippen LogP contribution in [0.1, 0.15) is 89.5 Å². The van der Waals surface area contributed by atoms with Gasteiger partial charge in [0.15, 0.2) is 16.6 Å². The second kappa shape index (κ2) is 19.2. The maximum absolute atomic E-state index is 13.2. The van der Waals surface area contributed by atoms with E-state index >= 15 is 0 Å². The molecule has 0 aliphatic rings. The lowest BCUT2D eigenvalue weighted by atomic mass is 9.81. The fraction of sp³-hybridized carbons (Fsp3) is 0.651. The largest absolute Gasteiger partial charge is 0.413 e. The first-order valence-corrected chi connectivity index (χ1v) is 24.6. The van der Waals surface area contributed by atoms with Gasteiger partial charge in [-0.3, -0.25) is 4.79 Å². The Hall–Kier alpha value is -2.04. The van der Waals surface area contributed by atoms with Gasteiger partial charge >= 0.3 is 0 Å². The third-order valence-electron chi connectivity index (χ3n) is 11.4. The molecule has 50 heavy (non-hydrogen) atoms. The monoisotopic (exact) mass is 726 g/mol. The molecular weight excluding hydrogens is 651 g/mol. The molecule has 1 rings (SSSR count). The van der Waals surface area contributed by atoms with Crippen LogP contribution in [0, 0.1) is 29.6 Å². The number of carbonyl (C=O) groups is 1. The summed E-state index contributed by atoms with van der Waals surface area (Å²) in [5.74, 6) is 0.199. The molecule has 0 saturated carbocycles. The predicted octanol–water partition coefficient (Wildman–Crippen LogP) is 11.6. The predicted molar refractivity (Wildman–Crippen MR) is 223 cm³/mol. The molecule has 0 bridgehead atoms. The van der Waals surface area contributed by atoms with Crippen LogP contribution in [0.3, 0.4) is 0 Å². The summed E-state index contributed by atoms with van der Waals surface area (Å²) in [4.78, 5) is 14.8. The van der Waals surface area contributed by atoms with E-state index in [9.17, 15) is 9.90 Å². The third-order valence-corrected chi connectivity index (χ3v) is 20.4. The molecule has 284 valence electrons. The van der Waals surface area contributed by atoms with Gasteiger partial charge in [-0.2, -0.15) is 0 Å². The van der Waals surface area contributed by atoms with Crippen molar-refractivity contribution < 1.29 is 18.8 Å². The highest BCUT2D eigenvalue weighted by Gasteiger charge is 2.43. The lowest BCUT2D eigenvalue weighted by molar-refractivity contribution is -0.113. The number of benzene rings is 1. The molecule has 1 N–H and O–H groups in total. The van der Waals surface area contributed by atoms with Gasteiger partial charge in [-0.15, -0.1) is 0 Å². The minimum Gasteiger partial charge on any atom is -0.413 e. The number of para-hydroxylation sites is 1. The van der Waals surface area contributed by atoms with Gasteiger partial charge in [-0.05, 0) is 79.7 Å². The first-order chi connectivity index (χ1) is 22.8. The molecular formula is C43H75NO4Si2. The average molecular weight is 726 g/mol. The van der Waals surface area contributed by atoms with Crippen molar-refractivity contribution in [3.63, 3.8) is 0 Å². The number of aliphatic hydroxyl groups excluding tert-OH is 1. The smallest absolute Gasteiger partial charge is 0.250 e. The first kappa shape index (κ1) is 46.0. The van der Waals surface area contributed by atoms with Gasteiger partial charge in [0.05, 0.1) is 18.3 Å². The molecule has 5 nitrogen and oxygen atoms in total. The van der Waals surface area contributed by atoms with Crippen LogP contribution in [0.2, 0.25) is 36.3 Å². The zero-order valence-electron chi connectivity index (χ0n) is 35.0. The quantitative estimate of drug-likeness (QED) is 0.0708. The normalized spacial score (nSPS) is 18.7. The van der Waals surface area contributed by atoms with Crippen LogP contribution >= 0.6 is 0 Å². The molecule has 4 unspecified atom stereocenters. The van der Waals surface area contributed by atoms with Gasteiger partial charge in [-0.1, -0.05) is 137 Å². The summed E-state index contributed by atoms with van der Waals surface area (Å²) in [6.07, 6.45) is 11.9. The molecule has 1 aromatic rings. The molecule has 0 fully saturated rings. The number of carbonyl (C=O) groups excluding carboxylic acids is 1. The van der Waals surface area contributed by atoms with Gasteiger partial charge in [0.1, 0.15) is 0 Å². The number of rotatable bonds is 18. The van der Waals surface area contributed by atoms with E-state index in [0.29, 0.717) is 0 Å². The van der Waals surface area contributed by atoms with Crippen molar-refractivity contribution in [2.75, 3.05) is 11.9 Å². The van der Waals surface area contributed by atoms with Crippen LogP contribution in [0.15, 0.2) is 78.9 Å². The van der Waals surface area contributed by atoms with Gasteiger partial charge in [0, 0.05) is 30.5 Å². The van der Waals surface area contributed by atoms with Gasteiger partial charge in [0.2, 0.25) is 5.91 Å². The topological polar surface area (TPSA) is 59.0 Å². The van der Waals surface area contributed by atoms with Crippen molar-refractivity contribution in [1.82, 2.24) is 0 Å². The number of amides is 1. The van der Waals surface area contributed by atoms with E-state index in [1.807, 2.05) is 55.6 Å². The summed E-state index contributed by atoms with van der Waals surface area (Å²) in [5, 5.41) is 11.6. The van der Waals surface area contributed by atoms with E-state index in [0.717, 1.165) is 12.1 Å². The van der Waals surface area contributed by atoms with Crippen LogP contribution in [0.4, 0.5) is 5.69 Å². The molecule has 0 heterocycles. The molecule has 0 aromatic heterocycles. The molecule has 0 aliphatic heterocycles. The van der Waals surface area contributed by atoms with Crippen LogP contribution < -0.4 is 4.90 Å². The number of hydrogen-bond acceptors (Lipinski definition) is 4. The van der Waals surface area contributed by atoms with Gasteiger partial charge in [-0.25, -0.2) is 0 Å². The number of nitrogens with zero attached hydrogens (tertiary/aromatic N) is 1.